The highest BCUT2D eigenvalue weighted by Crippen LogP contribution is 2.27. The first-order valence-corrected chi connectivity index (χ1v) is 6.80. The second-order valence-corrected chi connectivity index (χ2v) is 5.35. The van der Waals surface area contributed by atoms with Gasteiger partial charge in [0.25, 0.3) is 0 Å². The Bertz CT molecular complexity index is 699. The van der Waals surface area contributed by atoms with E-state index in [4.69, 9.17) is 17.3 Å². The molecule has 5 heteroatoms. The monoisotopic (exact) mass is 287 g/mol. The highest BCUT2D eigenvalue weighted by molar-refractivity contribution is 6.32. The summed E-state index contributed by atoms with van der Waals surface area (Å²) in [6.07, 6.45) is 6.04. The SMILES string of the molecule is NC1C=CC(C(=O)Nc2cc(Cl)cc3cccnc23)C1. The highest BCUT2D eigenvalue weighted by Gasteiger charge is 2.23. The van der Waals surface area contributed by atoms with Gasteiger partial charge in [-0.2, -0.15) is 0 Å². The van der Waals surface area contributed by atoms with Gasteiger partial charge in [-0.25, -0.2) is 0 Å². The molecule has 1 amide bonds. The van der Waals surface area contributed by atoms with Crippen LogP contribution in [0.5, 0.6) is 0 Å². The first kappa shape index (κ1) is 13.1. The molecule has 0 fully saturated rings. The quantitative estimate of drug-likeness (QED) is 0.835. The fraction of sp³-hybridized carbons (Fsp3) is 0.200. The standard InChI is InChI=1S/C15H14ClN3O/c16-11-6-9-2-1-5-18-14(9)13(8-11)19-15(20)10-3-4-12(17)7-10/h1-6,8,10,12H,7,17H2,(H,19,20). The summed E-state index contributed by atoms with van der Waals surface area (Å²) < 4.78 is 0. The average molecular weight is 288 g/mol. The lowest BCUT2D eigenvalue weighted by Crippen LogP contribution is -2.24. The van der Waals surface area contributed by atoms with Gasteiger partial charge in [0, 0.05) is 22.6 Å². The first-order chi connectivity index (χ1) is 9.63. The van der Waals surface area contributed by atoms with Crippen molar-refractivity contribution < 1.29 is 4.79 Å². The Kier molecular flexibility index (Phi) is 3.42. The molecular formula is C15H14ClN3O. The van der Waals surface area contributed by atoms with Crippen LogP contribution in [-0.4, -0.2) is 16.9 Å². The minimum absolute atomic E-state index is 0.0417. The van der Waals surface area contributed by atoms with E-state index in [9.17, 15) is 4.79 Å². The largest absolute Gasteiger partial charge is 0.324 e. The van der Waals surface area contributed by atoms with Crippen LogP contribution in [0.4, 0.5) is 5.69 Å². The maximum atomic E-state index is 12.2. The number of carbonyl (C=O) groups is 1. The number of carbonyl (C=O) groups excluding carboxylic acids is 1. The predicted octanol–water partition coefficient (Wildman–Crippen LogP) is 2.73. The third-order valence-corrected chi connectivity index (χ3v) is 3.60. The minimum Gasteiger partial charge on any atom is -0.324 e. The number of pyridine rings is 1. The number of aromatic nitrogens is 1. The summed E-state index contributed by atoms with van der Waals surface area (Å²) in [4.78, 5) is 16.5. The number of rotatable bonds is 2. The van der Waals surface area contributed by atoms with Gasteiger partial charge in [0.15, 0.2) is 0 Å². The number of fused-ring (bicyclic) bond motifs is 1. The van der Waals surface area contributed by atoms with Crippen LogP contribution >= 0.6 is 11.6 Å². The van der Waals surface area contributed by atoms with Gasteiger partial charge >= 0.3 is 0 Å². The molecule has 1 aromatic heterocycles. The number of halogens is 1. The molecule has 0 saturated heterocycles. The van der Waals surface area contributed by atoms with Gasteiger partial charge in [-0.1, -0.05) is 29.8 Å². The summed E-state index contributed by atoms with van der Waals surface area (Å²) in [6, 6.07) is 7.25. The summed E-state index contributed by atoms with van der Waals surface area (Å²) in [7, 11) is 0. The number of nitrogens with zero attached hydrogens (tertiary/aromatic N) is 1. The zero-order valence-electron chi connectivity index (χ0n) is 10.7. The molecule has 1 aliphatic rings. The lowest BCUT2D eigenvalue weighted by molar-refractivity contribution is -0.118. The Morgan fingerprint density at radius 1 is 1.40 bits per heavy atom. The van der Waals surface area contributed by atoms with Gasteiger partial charge in [-0.3, -0.25) is 9.78 Å². The molecule has 102 valence electrons. The summed E-state index contributed by atoms with van der Waals surface area (Å²) in [5.74, 6) is -0.272. The highest BCUT2D eigenvalue weighted by atomic mass is 35.5. The second-order valence-electron chi connectivity index (χ2n) is 4.91. The molecule has 3 rings (SSSR count). The summed E-state index contributed by atoms with van der Waals surface area (Å²) in [5, 5.41) is 4.36. The second kappa shape index (κ2) is 5.23. The van der Waals surface area contributed by atoms with E-state index in [1.807, 2.05) is 30.4 Å². The Morgan fingerprint density at radius 3 is 3.00 bits per heavy atom. The molecule has 0 radical (unpaired) electrons. The fourth-order valence-electron chi connectivity index (χ4n) is 2.40. The zero-order valence-corrected chi connectivity index (χ0v) is 11.5. The molecule has 1 heterocycles. The molecule has 2 atom stereocenters. The van der Waals surface area contributed by atoms with E-state index in [0.29, 0.717) is 17.1 Å². The fourth-order valence-corrected chi connectivity index (χ4v) is 2.62. The van der Waals surface area contributed by atoms with Crippen LogP contribution in [0.2, 0.25) is 5.02 Å². The average Bonchev–Trinajstić information content (AvgIpc) is 2.85. The zero-order chi connectivity index (χ0) is 14.1. The van der Waals surface area contributed by atoms with Gasteiger partial charge in [-0.15, -0.1) is 0 Å². The maximum Gasteiger partial charge on any atom is 0.231 e. The van der Waals surface area contributed by atoms with E-state index in [1.54, 1.807) is 12.3 Å². The van der Waals surface area contributed by atoms with Crippen LogP contribution in [0.25, 0.3) is 10.9 Å². The van der Waals surface area contributed by atoms with Gasteiger partial charge in [0.2, 0.25) is 5.91 Å². The molecule has 0 bridgehead atoms. The predicted molar refractivity (Wildman–Crippen MR) is 80.6 cm³/mol. The van der Waals surface area contributed by atoms with Crippen molar-refractivity contribution in [2.45, 2.75) is 12.5 Å². The molecule has 1 aliphatic carbocycles. The number of hydrogen-bond donors (Lipinski definition) is 2. The van der Waals surface area contributed by atoms with Crippen molar-refractivity contribution in [2.24, 2.45) is 11.7 Å². The molecule has 0 aliphatic heterocycles. The van der Waals surface area contributed by atoms with E-state index < -0.39 is 0 Å². The van der Waals surface area contributed by atoms with E-state index in [-0.39, 0.29) is 17.9 Å². The van der Waals surface area contributed by atoms with Crippen molar-refractivity contribution in [3.8, 4) is 0 Å². The van der Waals surface area contributed by atoms with Crippen molar-refractivity contribution >= 4 is 34.1 Å². The molecule has 0 saturated carbocycles. The molecular weight excluding hydrogens is 274 g/mol. The number of amides is 1. The molecule has 1 aromatic carbocycles. The Balaban J connectivity index is 1.91. The van der Waals surface area contributed by atoms with E-state index in [0.717, 1.165) is 10.9 Å². The van der Waals surface area contributed by atoms with Crippen LogP contribution in [0.3, 0.4) is 0 Å². The van der Waals surface area contributed by atoms with Crippen LogP contribution in [0, 0.1) is 5.92 Å². The lowest BCUT2D eigenvalue weighted by Gasteiger charge is -2.12. The van der Waals surface area contributed by atoms with E-state index in [2.05, 4.69) is 10.3 Å². The van der Waals surface area contributed by atoms with E-state index >= 15 is 0 Å². The topological polar surface area (TPSA) is 68.0 Å². The summed E-state index contributed by atoms with van der Waals surface area (Å²) in [6.45, 7) is 0. The maximum absolute atomic E-state index is 12.2. The van der Waals surface area contributed by atoms with Crippen molar-refractivity contribution in [1.82, 2.24) is 4.98 Å². The van der Waals surface area contributed by atoms with Crippen LogP contribution < -0.4 is 11.1 Å². The smallest absolute Gasteiger partial charge is 0.231 e. The number of benzene rings is 1. The Hall–Kier alpha value is -1.91. The Morgan fingerprint density at radius 2 is 2.25 bits per heavy atom. The molecule has 20 heavy (non-hydrogen) atoms. The molecule has 0 spiro atoms. The lowest BCUT2D eigenvalue weighted by atomic mass is 10.1. The summed E-state index contributed by atoms with van der Waals surface area (Å²) in [5.41, 5.74) is 7.14. The van der Waals surface area contributed by atoms with Crippen LogP contribution in [0.1, 0.15) is 6.42 Å². The van der Waals surface area contributed by atoms with Crippen LogP contribution in [0.15, 0.2) is 42.6 Å². The van der Waals surface area contributed by atoms with E-state index in [1.165, 1.54) is 0 Å². The number of hydrogen-bond acceptors (Lipinski definition) is 3. The number of nitrogens with two attached hydrogens (primary N) is 1. The van der Waals surface area contributed by atoms with Crippen LogP contribution in [-0.2, 0) is 4.79 Å². The van der Waals surface area contributed by atoms with Gasteiger partial charge in [0.1, 0.15) is 0 Å². The van der Waals surface area contributed by atoms with Gasteiger partial charge in [-0.05, 0) is 24.6 Å². The van der Waals surface area contributed by atoms with Crippen molar-refractivity contribution in [3.05, 3.63) is 47.6 Å². The van der Waals surface area contributed by atoms with Gasteiger partial charge in [0.05, 0.1) is 17.1 Å². The molecule has 2 aromatic rings. The van der Waals surface area contributed by atoms with Crippen molar-refractivity contribution in [3.63, 3.8) is 0 Å². The number of anilines is 1. The van der Waals surface area contributed by atoms with Crippen molar-refractivity contribution in [2.75, 3.05) is 5.32 Å². The number of nitrogens with one attached hydrogen (secondary N) is 1. The third-order valence-electron chi connectivity index (χ3n) is 3.38. The molecule has 3 N–H and O–H groups in total. The van der Waals surface area contributed by atoms with Crippen molar-refractivity contribution in [1.29, 1.82) is 0 Å². The van der Waals surface area contributed by atoms with Gasteiger partial charge < -0.3 is 11.1 Å². The summed E-state index contributed by atoms with van der Waals surface area (Å²) >= 11 is 6.08. The Labute approximate surface area is 121 Å². The normalized spacial score (nSPS) is 21.3. The first-order valence-electron chi connectivity index (χ1n) is 6.42. The molecule has 4 nitrogen and oxygen atoms in total. The minimum atomic E-state index is -0.192. The third kappa shape index (κ3) is 2.53. The molecule has 2 unspecified atom stereocenters.